The van der Waals surface area contributed by atoms with Crippen LogP contribution in [0.1, 0.15) is 80.1 Å². The molecule has 2 saturated carbocycles. The molecule has 5 nitrogen and oxygen atoms in total. The highest BCUT2D eigenvalue weighted by Crippen LogP contribution is 2.59. The van der Waals surface area contributed by atoms with Gasteiger partial charge >= 0.3 is 11.9 Å². The summed E-state index contributed by atoms with van der Waals surface area (Å²) in [5, 5.41) is 1.87. The van der Waals surface area contributed by atoms with E-state index >= 15 is 0 Å². The van der Waals surface area contributed by atoms with Crippen molar-refractivity contribution in [3.63, 3.8) is 0 Å². The summed E-state index contributed by atoms with van der Waals surface area (Å²) >= 11 is 0. The zero-order valence-corrected chi connectivity index (χ0v) is 18.2. The molecule has 1 aliphatic heterocycles. The first-order valence-corrected chi connectivity index (χ1v) is 10.8. The molecule has 4 aliphatic rings. The van der Waals surface area contributed by atoms with Crippen LogP contribution in [-0.2, 0) is 19.2 Å². The first-order chi connectivity index (χ1) is 12.9. The Kier molecular flexibility index (Phi) is 4.50. The van der Waals surface area contributed by atoms with Crippen LogP contribution in [-0.4, -0.2) is 34.2 Å². The molecule has 1 saturated heterocycles. The predicted molar refractivity (Wildman–Crippen MR) is 106 cm³/mol. The van der Waals surface area contributed by atoms with Crippen molar-refractivity contribution in [3.8, 4) is 0 Å². The number of fused-ring (bicyclic) bond motifs is 1. The molecule has 4 atom stereocenters. The van der Waals surface area contributed by atoms with E-state index in [9.17, 15) is 9.59 Å². The number of rotatable bonds is 3. The van der Waals surface area contributed by atoms with Crippen molar-refractivity contribution in [3.05, 3.63) is 11.6 Å². The smallest absolute Gasteiger partial charge is 0.334 e. The lowest BCUT2D eigenvalue weighted by molar-refractivity contribution is -0.282. The molecule has 0 aromatic heterocycles. The van der Waals surface area contributed by atoms with Crippen molar-refractivity contribution in [1.29, 1.82) is 0 Å². The predicted octanol–water partition coefficient (Wildman–Crippen LogP) is 4.41. The Morgan fingerprint density at radius 1 is 1.04 bits per heavy atom. The normalized spacial score (nSPS) is 38.8. The van der Waals surface area contributed by atoms with Gasteiger partial charge in [0.05, 0.1) is 16.5 Å². The molecule has 0 radical (unpaired) electrons. The van der Waals surface area contributed by atoms with Crippen molar-refractivity contribution in [2.45, 2.75) is 97.2 Å². The van der Waals surface area contributed by atoms with Gasteiger partial charge in [-0.25, -0.2) is 4.79 Å². The maximum Gasteiger partial charge on any atom is 0.334 e. The third kappa shape index (κ3) is 3.30. The average molecular weight is 390 g/mol. The number of carbonyl (C=O) groups is 2. The van der Waals surface area contributed by atoms with Gasteiger partial charge in [-0.15, -0.1) is 5.06 Å². The molecule has 28 heavy (non-hydrogen) atoms. The van der Waals surface area contributed by atoms with Crippen LogP contribution in [0.25, 0.3) is 0 Å². The first-order valence-electron chi connectivity index (χ1n) is 10.8. The molecular weight excluding hydrogens is 354 g/mol. The Morgan fingerprint density at radius 3 is 2.29 bits per heavy atom. The zero-order valence-electron chi connectivity index (χ0n) is 18.2. The van der Waals surface area contributed by atoms with Crippen LogP contribution in [0, 0.1) is 23.2 Å². The second kappa shape index (κ2) is 6.32. The van der Waals surface area contributed by atoms with E-state index in [1.807, 2.05) is 5.06 Å². The van der Waals surface area contributed by atoms with E-state index in [2.05, 4.69) is 40.7 Å². The molecule has 3 aliphatic carbocycles. The lowest BCUT2D eigenvalue weighted by atomic mass is 9.67. The van der Waals surface area contributed by atoms with E-state index in [0.29, 0.717) is 18.8 Å². The van der Waals surface area contributed by atoms with Crippen molar-refractivity contribution < 1.29 is 19.2 Å². The Balaban J connectivity index is 1.53. The van der Waals surface area contributed by atoms with Gasteiger partial charge in [0.1, 0.15) is 6.10 Å². The lowest BCUT2D eigenvalue weighted by Gasteiger charge is -2.53. The van der Waals surface area contributed by atoms with Crippen molar-refractivity contribution in [2.75, 3.05) is 0 Å². The van der Waals surface area contributed by atoms with Gasteiger partial charge in [-0.2, -0.15) is 0 Å². The van der Waals surface area contributed by atoms with E-state index in [1.165, 1.54) is 31.8 Å². The summed E-state index contributed by atoms with van der Waals surface area (Å²) in [6.07, 6.45) is 7.97. The van der Waals surface area contributed by atoms with Gasteiger partial charge < -0.3 is 9.57 Å². The number of hydrogen-bond donors (Lipinski definition) is 0. The minimum Gasteiger partial charge on any atom is -0.462 e. The molecule has 0 spiro atoms. The van der Waals surface area contributed by atoms with Crippen molar-refractivity contribution in [2.24, 2.45) is 23.2 Å². The van der Waals surface area contributed by atoms with E-state index in [0.717, 1.165) is 18.3 Å². The molecule has 0 aromatic rings. The highest BCUT2D eigenvalue weighted by Gasteiger charge is 2.54. The van der Waals surface area contributed by atoms with Gasteiger partial charge in [0.2, 0.25) is 0 Å². The number of ether oxygens (including phenoxy) is 1. The van der Waals surface area contributed by atoms with E-state index in [-0.39, 0.29) is 18.0 Å². The summed E-state index contributed by atoms with van der Waals surface area (Å²) in [5.74, 6) is 1.85. The molecule has 5 heteroatoms. The van der Waals surface area contributed by atoms with Gasteiger partial charge in [0.15, 0.2) is 0 Å². The van der Waals surface area contributed by atoms with Gasteiger partial charge in [0.25, 0.3) is 0 Å². The van der Waals surface area contributed by atoms with Gasteiger partial charge in [-0.3, -0.25) is 4.79 Å². The maximum atomic E-state index is 13.4. The lowest BCUT2D eigenvalue weighted by Crippen LogP contribution is -2.63. The van der Waals surface area contributed by atoms with Crippen LogP contribution in [0.5, 0.6) is 0 Å². The number of esters is 1. The van der Waals surface area contributed by atoms with E-state index in [1.54, 1.807) is 0 Å². The number of hydroxylamine groups is 2. The third-order valence-electron chi connectivity index (χ3n) is 7.51. The van der Waals surface area contributed by atoms with Crippen LogP contribution in [0.3, 0.4) is 0 Å². The van der Waals surface area contributed by atoms with Crippen LogP contribution < -0.4 is 0 Å². The number of nitrogens with zero attached hydrogens (tertiary/aromatic N) is 1. The maximum absolute atomic E-state index is 13.4. The highest BCUT2D eigenvalue weighted by molar-refractivity contribution is 5.79. The van der Waals surface area contributed by atoms with E-state index in [4.69, 9.17) is 9.57 Å². The molecule has 4 unspecified atom stereocenters. The quantitative estimate of drug-likeness (QED) is 0.528. The molecule has 156 valence electrons. The van der Waals surface area contributed by atoms with Gasteiger partial charge in [-0.05, 0) is 78.1 Å². The molecule has 4 rings (SSSR count). The van der Waals surface area contributed by atoms with E-state index < -0.39 is 16.5 Å². The number of hydrogen-bond acceptors (Lipinski definition) is 5. The Bertz CT molecular complexity index is 706. The molecule has 1 heterocycles. The van der Waals surface area contributed by atoms with Crippen LogP contribution >= 0.6 is 0 Å². The van der Waals surface area contributed by atoms with Crippen molar-refractivity contribution in [1.82, 2.24) is 5.06 Å². The number of piperidine rings is 1. The molecular formula is C23H35NO4. The topological polar surface area (TPSA) is 55.8 Å². The minimum absolute atomic E-state index is 0.136. The Morgan fingerprint density at radius 2 is 1.68 bits per heavy atom. The first kappa shape index (κ1) is 19.9. The standard InChI is InChI=1S/C23H35NO4/c1-14(25)27-18-12-21(2,3)24(22(4,5)13-18)28-20(26)23(6)10-15-7-16-9-17(11-23)19(16)8-15/h11,15-16,18-19H,7-10,12-13H2,1-6H3. The summed E-state index contributed by atoms with van der Waals surface area (Å²) in [7, 11) is 0. The van der Waals surface area contributed by atoms with Crippen LogP contribution in [0.15, 0.2) is 11.6 Å². The fourth-order valence-electron chi connectivity index (χ4n) is 6.68. The SMILES string of the molecule is CC(=O)OC1CC(C)(C)N(OC(=O)C2(C)C=C3CC4CC(CC34)C2)C(C)(C)C1. The highest BCUT2D eigenvalue weighted by atomic mass is 16.7. The zero-order chi connectivity index (χ0) is 20.5. The molecule has 3 fully saturated rings. The fourth-order valence-corrected chi connectivity index (χ4v) is 6.68. The molecule has 0 N–H and O–H groups in total. The van der Waals surface area contributed by atoms with Crippen LogP contribution in [0.2, 0.25) is 0 Å². The summed E-state index contributed by atoms with van der Waals surface area (Å²) < 4.78 is 5.51. The van der Waals surface area contributed by atoms with Gasteiger partial charge in [0, 0.05) is 19.8 Å². The molecule has 0 aromatic carbocycles. The largest absolute Gasteiger partial charge is 0.462 e. The third-order valence-corrected chi connectivity index (χ3v) is 7.51. The second-order valence-corrected chi connectivity index (χ2v) is 11.2. The summed E-state index contributed by atoms with van der Waals surface area (Å²) in [5.41, 5.74) is 0.120. The monoisotopic (exact) mass is 389 g/mol. The summed E-state index contributed by atoms with van der Waals surface area (Å²) in [4.78, 5) is 31.0. The van der Waals surface area contributed by atoms with Gasteiger partial charge in [-0.1, -0.05) is 11.6 Å². The van der Waals surface area contributed by atoms with Crippen molar-refractivity contribution >= 4 is 11.9 Å². The number of carbonyl (C=O) groups excluding carboxylic acids is 2. The summed E-state index contributed by atoms with van der Waals surface area (Å²) in [6.45, 7) is 11.7. The minimum atomic E-state index is -0.543. The Labute approximate surface area is 168 Å². The van der Waals surface area contributed by atoms with Crippen LogP contribution in [0.4, 0.5) is 0 Å². The second-order valence-electron chi connectivity index (χ2n) is 11.2. The average Bonchev–Trinajstić information content (AvgIpc) is 2.76. The fraction of sp³-hybridized carbons (Fsp3) is 0.826. The molecule has 2 bridgehead atoms. The summed E-state index contributed by atoms with van der Waals surface area (Å²) in [6, 6.07) is 0. The number of allylic oxidation sites excluding steroid dienone is 1. The Hall–Kier alpha value is -1.36. The molecule has 0 amide bonds.